The zero-order valence-electron chi connectivity index (χ0n) is 12.1. The summed E-state index contributed by atoms with van der Waals surface area (Å²) in [6, 6.07) is 21.0. The van der Waals surface area contributed by atoms with E-state index in [-0.39, 0.29) is 5.41 Å². The number of para-hydroxylation sites is 1. The molecule has 1 heterocycles. The van der Waals surface area contributed by atoms with Crippen molar-refractivity contribution in [3.8, 4) is 11.8 Å². The molecule has 0 spiro atoms. The Kier molecular flexibility index (Phi) is 3.92. The van der Waals surface area contributed by atoms with Crippen molar-refractivity contribution in [2.45, 2.75) is 31.1 Å². The van der Waals surface area contributed by atoms with Gasteiger partial charge in [-0.2, -0.15) is 5.26 Å². The second kappa shape index (κ2) is 6.01. The standard InChI is InChI=1S/C19H19NO/c20-15-19(12-6-9-16-7-2-1-3-8-16)13-14-21-18-11-5-4-10-17(18)19/h1-5,7-8,10-11H,6,9,12-14H2. The summed E-state index contributed by atoms with van der Waals surface area (Å²) in [4.78, 5) is 0. The fourth-order valence-corrected chi connectivity index (χ4v) is 3.13. The smallest absolute Gasteiger partial charge is 0.124 e. The zero-order chi connectivity index (χ0) is 14.5. The molecule has 1 aliphatic heterocycles. The first-order chi connectivity index (χ1) is 10.3. The number of aryl methyl sites for hydroxylation is 1. The van der Waals surface area contributed by atoms with Crippen LogP contribution in [0.2, 0.25) is 0 Å². The summed E-state index contributed by atoms with van der Waals surface area (Å²) in [5, 5.41) is 9.78. The van der Waals surface area contributed by atoms with Crippen molar-refractivity contribution in [2.75, 3.05) is 6.61 Å². The second-order valence-electron chi connectivity index (χ2n) is 5.63. The normalized spacial score (nSPS) is 20.1. The Hall–Kier alpha value is -2.27. The highest BCUT2D eigenvalue weighted by molar-refractivity contribution is 5.45. The molecule has 1 aliphatic rings. The number of rotatable bonds is 4. The molecule has 106 valence electrons. The van der Waals surface area contributed by atoms with E-state index in [1.54, 1.807) is 0 Å². The maximum absolute atomic E-state index is 9.78. The van der Waals surface area contributed by atoms with Crippen LogP contribution in [0.15, 0.2) is 54.6 Å². The quantitative estimate of drug-likeness (QED) is 0.836. The molecular formula is C19H19NO. The molecule has 0 saturated heterocycles. The van der Waals surface area contributed by atoms with Crippen molar-refractivity contribution < 1.29 is 4.74 Å². The Morgan fingerprint density at radius 3 is 2.62 bits per heavy atom. The fraction of sp³-hybridized carbons (Fsp3) is 0.316. The number of nitriles is 1. The molecule has 0 amide bonds. The molecule has 2 aromatic carbocycles. The van der Waals surface area contributed by atoms with E-state index in [1.807, 2.05) is 30.3 Å². The minimum absolute atomic E-state index is 0.385. The lowest BCUT2D eigenvalue weighted by Gasteiger charge is -2.33. The maximum Gasteiger partial charge on any atom is 0.124 e. The highest BCUT2D eigenvalue weighted by Crippen LogP contribution is 2.41. The minimum Gasteiger partial charge on any atom is -0.493 e. The van der Waals surface area contributed by atoms with Crippen LogP contribution in [0.1, 0.15) is 30.4 Å². The molecule has 2 aromatic rings. The number of nitrogens with zero attached hydrogens (tertiary/aromatic N) is 1. The third-order valence-electron chi connectivity index (χ3n) is 4.31. The molecule has 0 N–H and O–H groups in total. The SMILES string of the molecule is N#CC1(CCCc2ccccc2)CCOc2ccccc21. The van der Waals surface area contributed by atoms with Gasteiger partial charge in [-0.25, -0.2) is 0 Å². The van der Waals surface area contributed by atoms with Gasteiger partial charge in [-0.15, -0.1) is 0 Å². The van der Waals surface area contributed by atoms with Crippen LogP contribution in [0.25, 0.3) is 0 Å². The number of benzene rings is 2. The molecule has 0 aliphatic carbocycles. The topological polar surface area (TPSA) is 33.0 Å². The average molecular weight is 277 g/mol. The van der Waals surface area contributed by atoms with E-state index >= 15 is 0 Å². The Morgan fingerprint density at radius 1 is 1.05 bits per heavy atom. The van der Waals surface area contributed by atoms with Gasteiger partial charge in [0.15, 0.2) is 0 Å². The van der Waals surface area contributed by atoms with E-state index in [1.165, 1.54) is 5.56 Å². The summed E-state index contributed by atoms with van der Waals surface area (Å²) >= 11 is 0. The summed E-state index contributed by atoms with van der Waals surface area (Å²) in [5.41, 5.74) is 2.02. The predicted molar refractivity (Wildman–Crippen MR) is 83.2 cm³/mol. The molecule has 0 saturated carbocycles. The van der Waals surface area contributed by atoms with Crippen molar-refractivity contribution in [1.29, 1.82) is 5.26 Å². The van der Waals surface area contributed by atoms with Crippen molar-refractivity contribution in [3.05, 3.63) is 65.7 Å². The van der Waals surface area contributed by atoms with Crippen molar-refractivity contribution in [1.82, 2.24) is 0 Å². The van der Waals surface area contributed by atoms with Gasteiger partial charge in [0, 0.05) is 12.0 Å². The number of hydrogen-bond acceptors (Lipinski definition) is 2. The average Bonchev–Trinajstić information content (AvgIpc) is 2.56. The zero-order valence-corrected chi connectivity index (χ0v) is 12.1. The first kappa shape index (κ1) is 13.7. The van der Waals surface area contributed by atoms with Gasteiger partial charge in [0.05, 0.1) is 18.1 Å². The summed E-state index contributed by atoms with van der Waals surface area (Å²) in [6.45, 7) is 0.635. The van der Waals surface area contributed by atoms with Crippen molar-refractivity contribution in [3.63, 3.8) is 0 Å². The van der Waals surface area contributed by atoms with E-state index in [0.717, 1.165) is 37.0 Å². The molecule has 3 rings (SSSR count). The first-order valence-corrected chi connectivity index (χ1v) is 7.52. The monoisotopic (exact) mass is 277 g/mol. The summed E-state index contributed by atoms with van der Waals surface area (Å²) in [6.07, 6.45) is 3.72. The number of hydrogen-bond donors (Lipinski definition) is 0. The van der Waals surface area contributed by atoms with Gasteiger partial charge in [0.25, 0.3) is 0 Å². The minimum atomic E-state index is -0.385. The first-order valence-electron chi connectivity index (χ1n) is 7.52. The van der Waals surface area contributed by atoms with Crippen LogP contribution in [0.4, 0.5) is 0 Å². The third kappa shape index (κ3) is 2.78. The molecule has 0 bridgehead atoms. The molecule has 1 atom stereocenters. The van der Waals surface area contributed by atoms with Crippen LogP contribution in [-0.4, -0.2) is 6.61 Å². The van der Waals surface area contributed by atoms with Crippen LogP contribution in [-0.2, 0) is 11.8 Å². The van der Waals surface area contributed by atoms with Gasteiger partial charge in [-0.05, 0) is 30.9 Å². The van der Waals surface area contributed by atoms with Gasteiger partial charge >= 0.3 is 0 Å². The van der Waals surface area contributed by atoms with E-state index < -0.39 is 0 Å². The van der Waals surface area contributed by atoms with Crippen LogP contribution in [0, 0.1) is 11.3 Å². The molecule has 2 heteroatoms. The van der Waals surface area contributed by atoms with Gasteiger partial charge < -0.3 is 4.74 Å². The van der Waals surface area contributed by atoms with Gasteiger partial charge in [-0.3, -0.25) is 0 Å². The summed E-state index contributed by atoms with van der Waals surface area (Å²) < 4.78 is 5.69. The molecule has 1 unspecified atom stereocenters. The lowest BCUT2D eigenvalue weighted by Crippen LogP contribution is -2.31. The van der Waals surface area contributed by atoms with Crippen molar-refractivity contribution in [2.24, 2.45) is 0 Å². The molecule has 0 fully saturated rings. The lowest BCUT2D eigenvalue weighted by atomic mass is 9.73. The fourth-order valence-electron chi connectivity index (χ4n) is 3.13. The van der Waals surface area contributed by atoms with Crippen LogP contribution in [0.3, 0.4) is 0 Å². The van der Waals surface area contributed by atoms with Crippen LogP contribution in [0.5, 0.6) is 5.75 Å². The highest BCUT2D eigenvalue weighted by atomic mass is 16.5. The van der Waals surface area contributed by atoms with E-state index in [0.29, 0.717) is 6.61 Å². The third-order valence-corrected chi connectivity index (χ3v) is 4.31. The number of ether oxygens (including phenoxy) is 1. The van der Waals surface area contributed by atoms with Crippen LogP contribution >= 0.6 is 0 Å². The predicted octanol–water partition coefficient (Wildman–Crippen LogP) is 4.25. The Bertz CT molecular complexity index is 644. The molecule has 0 aromatic heterocycles. The Balaban J connectivity index is 1.75. The van der Waals surface area contributed by atoms with Crippen LogP contribution < -0.4 is 4.74 Å². The van der Waals surface area contributed by atoms with E-state index in [2.05, 4.69) is 30.3 Å². The Morgan fingerprint density at radius 2 is 1.81 bits per heavy atom. The Labute approximate surface area is 126 Å². The summed E-state index contributed by atoms with van der Waals surface area (Å²) in [7, 11) is 0. The van der Waals surface area contributed by atoms with E-state index in [9.17, 15) is 5.26 Å². The molecule has 0 radical (unpaired) electrons. The molecule has 2 nitrogen and oxygen atoms in total. The summed E-state index contributed by atoms with van der Waals surface area (Å²) in [5.74, 6) is 0.880. The largest absolute Gasteiger partial charge is 0.493 e. The lowest BCUT2D eigenvalue weighted by molar-refractivity contribution is 0.234. The van der Waals surface area contributed by atoms with Gasteiger partial charge in [-0.1, -0.05) is 48.5 Å². The maximum atomic E-state index is 9.78. The van der Waals surface area contributed by atoms with Gasteiger partial charge in [0.2, 0.25) is 0 Å². The van der Waals surface area contributed by atoms with Crippen molar-refractivity contribution >= 4 is 0 Å². The molecular weight excluding hydrogens is 258 g/mol. The molecule has 21 heavy (non-hydrogen) atoms. The van der Waals surface area contributed by atoms with Gasteiger partial charge in [0.1, 0.15) is 5.75 Å². The number of fused-ring (bicyclic) bond motifs is 1. The van der Waals surface area contributed by atoms with E-state index in [4.69, 9.17) is 4.74 Å². The highest BCUT2D eigenvalue weighted by Gasteiger charge is 2.37. The second-order valence-corrected chi connectivity index (χ2v) is 5.63.